The van der Waals surface area contributed by atoms with E-state index in [1.807, 2.05) is 24.3 Å². The molecule has 0 unspecified atom stereocenters. The molecule has 7 nitrogen and oxygen atoms in total. The van der Waals surface area contributed by atoms with Crippen molar-refractivity contribution < 1.29 is 24.6 Å². The fourth-order valence-electron chi connectivity index (χ4n) is 4.50. The van der Waals surface area contributed by atoms with Crippen LogP contribution in [0.15, 0.2) is 54.6 Å². The molecule has 3 aromatic rings. The lowest BCUT2D eigenvalue weighted by Gasteiger charge is -2.36. The third-order valence-corrected chi connectivity index (χ3v) is 8.30. The molecule has 188 valence electrons. The molecule has 1 amide bonds. The van der Waals surface area contributed by atoms with E-state index in [0.717, 1.165) is 15.6 Å². The van der Waals surface area contributed by atoms with Gasteiger partial charge in [-0.05, 0) is 35.9 Å². The van der Waals surface area contributed by atoms with E-state index in [9.17, 15) is 24.6 Å². The van der Waals surface area contributed by atoms with E-state index in [-0.39, 0.29) is 39.5 Å². The van der Waals surface area contributed by atoms with Gasteiger partial charge < -0.3 is 20.0 Å². The summed E-state index contributed by atoms with van der Waals surface area (Å²) in [6.45, 7) is 1.95. The van der Waals surface area contributed by atoms with Crippen LogP contribution >= 0.6 is 35.6 Å². The second kappa shape index (κ2) is 10.2. The molecule has 0 atom stereocenters. The highest BCUT2D eigenvalue weighted by atomic mass is 35.5. The molecule has 10 heteroatoms. The van der Waals surface area contributed by atoms with Crippen LogP contribution in [0, 0.1) is 0 Å². The molecule has 1 heterocycles. The zero-order valence-electron chi connectivity index (χ0n) is 19.4. The van der Waals surface area contributed by atoms with Gasteiger partial charge in [0.2, 0.25) is 5.78 Å². The standard InChI is InChI=1S/C27H21ClN2O5S2/c28-17-6-4-15(5-7-17)14-37-27(36)30-10-8-29(9-11-30)26(35)16-12-19-23(21(32)13-16)25(34)22-18(24(19)33)2-1-3-20(22)31/h1-7,12-13,31-32H,8-11,14H2. The van der Waals surface area contributed by atoms with Gasteiger partial charge in [0.15, 0.2) is 5.78 Å². The van der Waals surface area contributed by atoms with Crippen LogP contribution in [0.4, 0.5) is 0 Å². The zero-order valence-corrected chi connectivity index (χ0v) is 21.8. The molecule has 2 aliphatic rings. The van der Waals surface area contributed by atoms with Crippen molar-refractivity contribution in [1.82, 2.24) is 9.80 Å². The van der Waals surface area contributed by atoms with Crippen LogP contribution in [0.3, 0.4) is 0 Å². The summed E-state index contributed by atoms with van der Waals surface area (Å²) in [7, 11) is 0. The van der Waals surface area contributed by atoms with Crippen LogP contribution in [0.5, 0.6) is 11.5 Å². The maximum absolute atomic E-state index is 13.3. The topological polar surface area (TPSA) is 98.1 Å². The van der Waals surface area contributed by atoms with Crippen molar-refractivity contribution in [3.63, 3.8) is 0 Å². The number of fused-ring (bicyclic) bond motifs is 2. The number of phenols is 2. The molecule has 1 aliphatic heterocycles. The van der Waals surface area contributed by atoms with Crippen molar-refractivity contribution in [3.8, 4) is 11.5 Å². The highest BCUT2D eigenvalue weighted by Crippen LogP contribution is 2.37. The molecule has 37 heavy (non-hydrogen) atoms. The first-order valence-electron chi connectivity index (χ1n) is 11.5. The number of carbonyl (C=O) groups excluding carboxylic acids is 3. The summed E-state index contributed by atoms with van der Waals surface area (Å²) in [5.41, 5.74) is 0.876. The van der Waals surface area contributed by atoms with E-state index in [0.29, 0.717) is 31.2 Å². The Hall–Kier alpha value is -3.40. The number of piperazine rings is 1. The Morgan fingerprint density at radius 2 is 1.51 bits per heavy atom. The minimum Gasteiger partial charge on any atom is -0.507 e. The molecule has 1 fully saturated rings. The summed E-state index contributed by atoms with van der Waals surface area (Å²) < 4.78 is 0.750. The summed E-state index contributed by atoms with van der Waals surface area (Å²) >= 11 is 13.1. The predicted molar refractivity (Wildman–Crippen MR) is 146 cm³/mol. The van der Waals surface area contributed by atoms with E-state index in [2.05, 4.69) is 4.90 Å². The third kappa shape index (κ3) is 4.82. The Bertz CT molecular complexity index is 1450. The summed E-state index contributed by atoms with van der Waals surface area (Å²) in [4.78, 5) is 43.0. The van der Waals surface area contributed by atoms with Gasteiger partial charge in [0, 0.05) is 53.6 Å². The Kier molecular flexibility index (Phi) is 6.94. The van der Waals surface area contributed by atoms with E-state index in [1.54, 1.807) is 16.7 Å². The smallest absolute Gasteiger partial charge is 0.254 e. The van der Waals surface area contributed by atoms with Gasteiger partial charge in [-0.1, -0.05) is 59.8 Å². The second-order valence-corrected chi connectivity index (χ2v) is 10.8. The van der Waals surface area contributed by atoms with Gasteiger partial charge in [-0.3, -0.25) is 14.4 Å². The number of hydrogen-bond donors (Lipinski definition) is 2. The number of hydrogen-bond acceptors (Lipinski definition) is 7. The summed E-state index contributed by atoms with van der Waals surface area (Å²) in [6, 6.07) is 14.4. The normalized spacial score (nSPS) is 14.8. The molecule has 0 radical (unpaired) electrons. The van der Waals surface area contributed by atoms with Gasteiger partial charge in [0.05, 0.1) is 11.1 Å². The average molecular weight is 553 g/mol. The molecule has 0 spiro atoms. The molecule has 0 aromatic heterocycles. The number of benzene rings is 3. The molecule has 3 aromatic carbocycles. The summed E-state index contributed by atoms with van der Waals surface area (Å²) in [6.07, 6.45) is 0. The fourth-order valence-corrected chi connectivity index (χ4v) is 5.83. The number of thiocarbonyl (C=S) groups is 1. The SMILES string of the molecule is O=C1c2cccc(O)c2C(=O)c2c(O)cc(C(=O)N3CCN(C(=S)SCc4ccc(Cl)cc4)CC3)cc21. The van der Waals surface area contributed by atoms with Crippen molar-refractivity contribution in [1.29, 1.82) is 0 Å². The quantitative estimate of drug-likeness (QED) is 0.358. The predicted octanol–water partition coefficient (Wildman–Crippen LogP) is 4.50. The van der Waals surface area contributed by atoms with Crippen molar-refractivity contribution in [3.05, 3.63) is 93.0 Å². The summed E-state index contributed by atoms with van der Waals surface area (Å²) in [5, 5.41) is 21.4. The van der Waals surface area contributed by atoms with Crippen LogP contribution in [-0.2, 0) is 5.75 Å². The lowest BCUT2D eigenvalue weighted by molar-refractivity contribution is 0.0694. The highest BCUT2D eigenvalue weighted by Gasteiger charge is 2.35. The number of phenolic OH excluding ortho intramolecular Hbond substituents is 2. The fraction of sp³-hybridized carbons (Fsp3) is 0.185. The largest absolute Gasteiger partial charge is 0.507 e. The number of rotatable bonds is 3. The van der Waals surface area contributed by atoms with E-state index in [4.69, 9.17) is 23.8 Å². The number of halogens is 1. The molecule has 1 saturated heterocycles. The van der Waals surface area contributed by atoms with Crippen molar-refractivity contribution in [2.75, 3.05) is 26.2 Å². The summed E-state index contributed by atoms with van der Waals surface area (Å²) in [5.74, 6) is -1.61. The number of thioether (sulfide) groups is 1. The van der Waals surface area contributed by atoms with Gasteiger partial charge in [-0.15, -0.1) is 0 Å². The first-order chi connectivity index (χ1) is 17.7. The molecular formula is C27H21ClN2O5S2. The number of ketones is 2. The van der Waals surface area contributed by atoms with Crippen molar-refractivity contribution in [2.45, 2.75) is 5.75 Å². The van der Waals surface area contributed by atoms with E-state index >= 15 is 0 Å². The molecule has 5 rings (SSSR count). The van der Waals surface area contributed by atoms with Crippen LogP contribution in [0.25, 0.3) is 0 Å². The first-order valence-corrected chi connectivity index (χ1v) is 13.3. The molecule has 2 N–H and O–H groups in total. The number of nitrogens with zero attached hydrogens (tertiary/aromatic N) is 2. The third-order valence-electron chi connectivity index (χ3n) is 6.45. The molecule has 0 saturated carbocycles. The number of amides is 1. The van der Waals surface area contributed by atoms with Gasteiger partial charge in [-0.25, -0.2) is 0 Å². The van der Waals surface area contributed by atoms with Gasteiger partial charge in [0.1, 0.15) is 15.8 Å². The zero-order chi connectivity index (χ0) is 26.3. The monoisotopic (exact) mass is 552 g/mol. The molecular weight excluding hydrogens is 532 g/mol. The van der Waals surface area contributed by atoms with Crippen LogP contribution < -0.4 is 0 Å². The Morgan fingerprint density at radius 1 is 0.865 bits per heavy atom. The van der Waals surface area contributed by atoms with Gasteiger partial charge >= 0.3 is 0 Å². The molecule has 1 aliphatic carbocycles. The van der Waals surface area contributed by atoms with Crippen LogP contribution in [0.2, 0.25) is 5.02 Å². The van der Waals surface area contributed by atoms with E-state index in [1.165, 1.54) is 30.3 Å². The minimum absolute atomic E-state index is 0.0414. The van der Waals surface area contributed by atoms with Crippen molar-refractivity contribution >= 4 is 57.4 Å². The minimum atomic E-state index is -0.655. The maximum atomic E-state index is 13.3. The molecule has 0 bridgehead atoms. The van der Waals surface area contributed by atoms with E-state index < -0.39 is 17.3 Å². The first kappa shape index (κ1) is 25.3. The Labute approximate surface area is 227 Å². The second-order valence-electron chi connectivity index (χ2n) is 8.74. The van der Waals surface area contributed by atoms with Gasteiger partial charge in [-0.2, -0.15) is 0 Å². The maximum Gasteiger partial charge on any atom is 0.254 e. The Morgan fingerprint density at radius 3 is 2.22 bits per heavy atom. The van der Waals surface area contributed by atoms with Crippen LogP contribution in [-0.4, -0.2) is 68.0 Å². The Balaban J connectivity index is 1.27. The van der Waals surface area contributed by atoms with Crippen molar-refractivity contribution in [2.24, 2.45) is 0 Å². The number of aromatic hydroxyl groups is 2. The lowest BCUT2D eigenvalue weighted by atomic mass is 9.82. The number of carbonyl (C=O) groups is 3. The highest BCUT2D eigenvalue weighted by molar-refractivity contribution is 8.22. The average Bonchev–Trinajstić information content (AvgIpc) is 2.90. The van der Waals surface area contributed by atoms with Crippen LogP contribution in [0.1, 0.15) is 47.8 Å². The van der Waals surface area contributed by atoms with Gasteiger partial charge in [0.25, 0.3) is 5.91 Å². The lowest BCUT2D eigenvalue weighted by Crippen LogP contribution is -2.49.